The summed E-state index contributed by atoms with van der Waals surface area (Å²) >= 11 is 0. The number of aromatic nitrogens is 3. The molecule has 0 bridgehead atoms. The van der Waals surface area contributed by atoms with Gasteiger partial charge >= 0.3 is 0 Å². The van der Waals surface area contributed by atoms with Crippen LogP contribution in [0.2, 0.25) is 0 Å². The van der Waals surface area contributed by atoms with Crippen LogP contribution in [0.25, 0.3) is 33.6 Å². The van der Waals surface area contributed by atoms with Crippen molar-refractivity contribution in [2.75, 3.05) is 0 Å². The normalized spacial score (nSPS) is 11.8. The van der Waals surface area contributed by atoms with Gasteiger partial charge in [0.25, 0.3) is 0 Å². The first-order valence-corrected chi connectivity index (χ1v) is 8.48. The maximum Gasteiger partial charge on any atom is 0.149 e. The fourth-order valence-corrected chi connectivity index (χ4v) is 3.38. The number of fused-ring (bicyclic) bond motifs is 2. The summed E-state index contributed by atoms with van der Waals surface area (Å²) in [4.78, 5) is 7.81. The third-order valence-corrected chi connectivity index (χ3v) is 4.64. The highest BCUT2D eigenvalue weighted by Gasteiger charge is 2.14. The molecule has 0 fully saturated rings. The van der Waals surface area contributed by atoms with Crippen molar-refractivity contribution in [1.82, 2.24) is 14.5 Å². The molecule has 2 aromatic carbocycles. The van der Waals surface area contributed by atoms with Gasteiger partial charge in [-0.25, -0.2) is 4.98 Å². The van der Waals surface area contributed by atoms with Crippen LogP contribution >= 0.6 is 0 Å². The van der Waals surface area contributed by atoms with Crippen LogP contribution in [0.3, 0.4) is 0 Å². The van der Waals surface area contributed by atoms with E-state index >= 15 is 0 Å². The van der Waals surface area contributed by atoms with Gasteiger partial charge in [0.1, 0.15) is 11.9 Å². The van der Waals surface area contributed by atoms with Crippen LogP contribution in [0.15, 0.2) is 61.2 Å². The van der Waals surface area contributed by atoms with Gasteiger partial charge in [-0.15, -0.1) is 6.58 Å². The molecule has 4 aromatic rings. The molecular weight excluding hydrogens is 320 g/mol. The number of nitriles is 1. The fraction of sp³-hybridized carbons (Fsp3) is 0.0909. The zero-order chi connectivity index (χ0) is 18.1. The van der Waals surface area contributed by atoms with E-state index in [9.17, 15) is 5.26 Å². The van der Waals surface area contributed by atoms with Crippen LogP contribution in [0.4, 0.5) is 0 Å². The van der Waals surface area contributed by atoms with E-state index in [4.69, 9.17) is 0 Å². The maximum absolute atomic E-state index is 9.74. The van der Waals surface area contributed by atoms with Gasteiger partial charge < -0.3 is 9.55 Å². The van der Waals surface area contributed by atoms with Crippen molar-refractivity contribution in [3.05, 3.63) is 78.3 Å². The first kappa shape index (κ1) is 15.9. The SMILES string of the molecule is C=CCn1c(C)c(C=C(C#N)c2nc3ccccc3[nH]2)c2ccccc21. The summed E-state index contributed by atoms with van der Waals surface area (Å²) < 4.78 is 2.21. The number of nitrogens with one attached hydrogen (secondary N) is 1. The highest BCUT2D eigenvalue weighted by molar-refractivity contribution is 5.99. The van der Waals surface area contributed by atoms with Crippen LogP contribution in [0.5, 0.6) is 0 Å². The molecule has 0 aliphatic heterocycles. The largest absolute Gasteiger partial charge is 0.340 e. The minimum Gasteiger partial charge on any atom is -0.340 e. The molecule has 4 rings (SSSR count). The molecule has 26 heavy (non-hydrogen) atoms. The minimum absolute atomic E-state index is 0.519. The van der Waals surface area contributed by atoms with Gasteiger partial charge in [-0.05, 0) is 31.2 Å². The van der Waals surface area contributed by atoms with Gasteiger partial charge in [0.2, 0.25) is 0 Å². The zero-order valence-corrected chi connectivity index (χ0v) is 14.5. The number of H-pyrrole nitrogens is 1. The van der Waals surface area contributed by atoms with Gasteiger partial charge in [0.15, 0.2) is 0 Å². The molecule has 0 radical (unpaired) electrons. The summed E-state index contributed by atoms with van der Waals surface area (Å²) in [6.45, 7) is 6.66. The molecule has 0 amide bonds. The highest BCUT2D eigenvalue weighted by atomic mass is 15.0. The minimum atomic E-state index is 0.519. The number of allylic oxidation sites excluding steroid dienone is 2. The second-order valence-electron chi connectivity index (χ2n) is 6.19. The molecule has 0 saturated heterocycles. The Labute approximate surface area is 151 Å². The van der Waals surface area contributed by atoms with Crippen molar-refractivity contribution < 1.29 is 0 Å². The molecule has 126 valence electrons. The lowest BCUT2D eigenvalue weighted by atomic mass is 10.1. The van der Waals surface area contributed by atoms with E-state index in [0.29, 0.717) is 11.4 Å². The molecule has 0 aliphatic carbocycles. The Kier molecular flexibility index (Phi) is 3.91. The lowest BCUT2D eigenvalue weighted by Gasteiger charge is -2.04. The third-order valence-electron chi connectivity index (χ3n) is 4.64. The van der Waals surface area contributed by atoms with E-state index in [1.807, 2.05) is 48.6 Å². The van der Waals surface area contributed by atoms with Crippen molar-refractivity contribution in [2.24, 2.45) is 0 Å². The van der Waals surface area contributed by atoms with Crippen LogP contribution in [-0.4, -0.2) is 14.5 Å². The quantitative estimate of drug-likeness (QED) is 0.417. The summed E-state index contributed by atoms with van der Waals surface area (Å²) in [5, 5.41) is 10.9. The Morgan fingerprint density at radius 3 is 2.77 bits per heavy atom. The van der Waals surface area contributed by atoms with E-state index in [1.165, 1.54) is 0 Å². The predicted octanol–water partition coefficient (Wildman–Crippen LogP) is 5.08. The number of para-hydroxylation sites is 3. The lowest BCUT2D eigenvalue weighted by Crippen LogP contribution is -1.97. The average Bonchev–Trinajstić information content (AvgIpc) is 3.20. The number of hydrogen-bond donors (Lipinski definition) is 1. The lowest BCUT2D eigenvalue weighted by molar-refractivity contribution is 0.828. The maximum atomic E-state index is 9.74. The number of nitrogens with zero attached hydrogens (tertiary/aromatic N) is 3. The van der Waals surface area contributed by atoms with Gasteiger partial charge in [-0.1, -0.05) is 36.4 Å². The van der Waals surface area contributed by atoms with E-state index < -0.39 is 0 Å². The van der Waals surface area contributed by atoms with E-state index in [0.717, 1.165) is 39.7 Å². The Hall–Kier alpha value is -3.58. The molecule has 4 nitrogen and oxygen atoms in total. The summed E-state index contributed by atoms with van der Waals surface area (Å²) in [7, 11) is 0. The predicted molar refractivity (Wildman–Crippen MR) is 106 cm³/mol. The monoisotopic (exact) mass is 338 g/mol. The van der Waals surface area contributed by atoms with Gasteiger partial charge in [-0.2, -0.15) is 5.26 Å². The van der Waals surface area contributed by atoms with Crippen molar-refractivity contribution in [3.63, 3.8) is 0 Å². The number of aromatic amines is 1. The Balaban J connectivity index is 1.92. The van der Waals surface area contributed by atoms with Crippen LogP contribution < -0.4 is 0 Å². The molecule has 0 unspecified atom stereocenters. The molecule has 2 aromatic heterocycles. The number of imidazole rings is 1. The number of benzene rings is 2. The van der Waals surface area contributed by atoms with Crippen LogP contribution in [-0.2, 0) is 6.54 Å². The van der Waals surface area contributed by atoms with Crippen LogP contribution in [0.1, 0.15) is 17.1 Å². The van der Waals surface area contributed by atoms with Crippen molar-refractivity contribution in [3.8, 4) is 6.07 Å². The first-order chi connectivity index (χ1) is 12.7. The summed E-state index contributed by atoms with van der Waals surface area (Å²) in [6.07, 6.45) is 3.81. The van der Waals surface area contributed by atoms with Gasteiger partial charge in [0.05, 0.1) is 16.6 Å². The van der Waals surface area contributed by atoms with E-state index in [-0.39, 0.29) is 0 Å². The smallest absolute Gasteiger partial charge is 0.149 e. The Morgan fingerprint density at radius 2 is 2.00 bits per heavy atom. The first-order valence-electron chi connectivity index (χ1n) is 8.48. The molecule has 1 N–H and O–H groups in total. The summed E-state index contributed by atoms with van der Waals surface area (Å²) in [5.74, 6) is 0.591. The standard InChI is InChI=1S/C22H18N4/c1-3-12-26-15(2)18(17-8-4-7-11-21(17)26)13-16(14-23)22-24-19-9-5-6-10-20(19)25-22/h3-11,13H,1,12H2,2H3,(H,24,25). The molecular formula is C22H18N4. The van der Waals surface area contributed by atoms with E-state index in [1.54, 1.807) is 0 Å². The number of rotatable bonds is 4. The molecule has 4 heteroatoms. The van der Waals surface area contributed by atoms with Crippen molar-refractivity contribution >= 4 is 33.6 Å². The molecule has 0 spiro atoms. The van der Waals surface area contributed by atoms with Gasteiger partial charge in [0, 0.05) is 28.7 Å². The highest BCUT2D eigenvalue weighted by Crippen LogP contribution is 2.29. The zero-order valence-electron chi connectivity index (χ0n) is 14.5. The molecule has 0 aliphatic rings. The molecule has 0 saturated carbocycles. The fourth-order valence-electron chi connectivity index (χ4n) is 3.38. The van der Waals surface area contributed by atoms with Gasteiger partial charge in [-0.3, -0.25) is 0 Å². The molecule has 0 atom stereocenters. The number of hydrogen-bond acceptors (Lipinski definition) is 2. The second-order valence-corrected chi connectivity index (χ2v) is 6.19. The van der Waals surface area contributed by atoms with E-state index in [2.05, 4.69) is 46.2 Å². The average molecular weight is 338 g/mol. The summed E-state index contributed by atoms with van der Waals surface area (Å²) in [6, 6.07) is 18.3. The second kappa shape index (κ2) is 6.38. The third kappa shape index (κ3) is 2.51. The topological polar surface area (TPSA) is 57.4 Å². The van der Waals surface area contributed by atoms with Crippen molar-refractivity contribution in [1.29, 1.82) is 5.26 Å². The summed E-state index contributed by atoms with van der Waals surface area (Å²) in [5.41, 5.74) is 5.59. The molecule has 2 heterocycles. The Bertz CT molecular complexity index is 1170. The van der Waals surface area contributed by atoms with Crippen molar-refractivity contribution in [2.45, 2.75) is 13.5 Å². The van der Waals surface area contributed by atoms with Crippen LogP contribution in [0, 0.1) is 18.3 Å². The Morgan fingerprint density at radius 1 is 1.23 bits per heavy atom.